The van der Waals surface area contributed by atoms with Gasteiger partial charge in [0.2, 0.25) is 0 Å². The zero-order valence-electron chi connectivity index (χ0n) is 22.6. The number of non-ortho nitro benzene ring substituents is 2. The van der Waals surface area contributed by atoms with Gasteiger partial charge in [0.15, 0.2) is 0 Å². The van der Waals surface area contributed by atoms with E-state index in [4.69, 9.17) is 9.47 Å². The minimum atomic E-state index is -0.386. The Morgan fingerprint density at radius 2 is 1.09 bits per heavy atom. The van der Waals surface area contributed by atoms with E-state index in [1.165, 1.54) is 35.7 Å². The molecule has 2 aliphatic heterocycles. The summed E-state index contributed by atoms with van der Waals surface area (Å²) < 4.78 is 13.1. The molecule has 0 radical (unpaired) electrons. The second-order valence-electron chi connectivity index (χ2n) is 8.99. The van der Waals surface area contributed by atoms with E-state index >= 15 is 0 Å². The van der Waals surface area contributed by atoms with Gasteiger partial charge in [-0.15, -0.1) is 0 Å². The van der Waals surface area contributed by atoms with E-state index in [-0.39, 0.29) is 21.2 Å². The average Bonchev–Trinajstić information content (AvgIpc) is 3.02. The van der Waals surface area contributed by atoms with Gasteiger partial charge in [-0.3, -0.25) is 20.2 Å². The standard InChI is InChI=1S/C15H11BrN2O3S.C15H11IN2O3S/c2*16-6-1-7-21-11-3-5-13-15(9-11)22-14-8-10(18(19)20)2-4-12(14)17-13/h2*1-6,8-9,17H,7H2/b2*6-1+/i;16-2. The van der Waals surface area contributed by atoms with Crippen molar-refractivity contribution in [1.29, 1.82) is 0 Å². The van der Waals surface area contributed by atoms with Crippen molar-refractivity contribution >= 4 is 96.2 Å². The molecule has 0 spiro atoms. The SMILES string of the molecule is O=[N+]([O-])c1ccc2c(c1)Sc1cc(OC/C=C/Br)ccc1N2.O=[N+]([O-])c1ccc2c(c1)Sc1cc(OC/C=C/[125I])ccc1N2. The molecule has 2 N–H and O–H groups in total. The minimum Gasteiger partial charge on any atom is -0.489 e. The number of nitro benzene ring substituents is 2. The Kier molecular flexibility index (Phi) is 10.7. The van der Waals surface area contributed by atoms with Crippen LogP contribution in [0.1, 0.15) is 0 Å². The molecule has 224 valence electrons. The van der Waals surface area contributed by atoms with Crippen LogP contribution in [0.4, 0.5) is 34.1 Å². The number of rotatable bonds is 8. The maximum absolute atomic E-state index is 10.9. The Morgan fingerprint density at radius 3 is 1.50 bits per heavy atom. The molecule has 4 aromatic carbocycles. The molecule has 0 atom stereocenters. The number of fused-ring (bicyclic) bond motifs is 4. The van der Waals surface area contributed by atoms with Crippen molar-refractivity contribution in [3.05, 3.63) is 114 Å². The monoisotopic (exact) mass is 802 g/mol. The highest BCUT2D eigenvalue weighted by Gasteiger charge is 2.20. The average molecular weight is 803 g/mol. The lowest BCUT2D eigenvalue weighted by Crippen LogP contribution is -2.01. The Balaban J connectivity index is 0.000000175. The fourth-order valence-corrected chi connectivity index (χ4v) is 6.53. The van der Waals surface area contributed by atoms with E-state index < -0.39 is 0 Å². The van der Waals surface area contributed by atoms with Crippen LogP contribution in [0, 0.1) is 20.2 Å². The van der Waals surface area contributed by atoms with E-state index in [0.717, 1.165) is 53.8 Å². The molecular weight excluding hydrogens is 781 g/mol. The summed E-state index contributed by atoms with van der Waals surface area (Å²) in [5, 5.41) is 28.3. The van der Waals surface area contributed by atoms with Crippen molar-refractivity contribution in [3.63, 3.8) is 0 Å². The van der Waals surface area contributed by atoms with Crippen LogP contribution in [-0.2, 0) is 0 Å². The Hall–Kier alpha value is -3.73. The smallest absolute Gasteiger partial charge is 0.270 e. The highest BCUT2D eigenvalue weighted by molar-refractivity contribution is 14.1. The molecule has 0 fully saturated rings. The van der Waals surface area contributed by atoms with Crippen molar-refractivity contribution in [2.75, 3.05) is 23.8 Å². The first-order chi connectivity index (χ1) is 21.3. The highest BCUT2D eigenvalue weighted by atomic mass is 125. The van der Waals surface area contributed by atoms with Gasteiger partial charge in [-0.2, -0.15) is 0 Å². The predicted octanol–water partition coefficient (Wildman–Crippen LogP) is 10.2. The van der Waals surface area contributed by atoms with Crippen LogP contribution in [0.2, 0.25) is 0 Å². The number of nitrogens with zero attached hydrogens (tertiary/aromatic N) is 2. The third-order valence-electron chi connectivity index (χ3n) is 6.11. The second-order valence-corrected chi connectivity index (χ2v) is 12.4. The quantitative estimate of drug-likeness (QED) is 0.0872. The first kappa shape index (κ1) is 31.7. The third-order valence-corrected chi connectivity index (χ3v) is 9.22. The summed E-state index contributed by atoms with van der Waals surface area (Å²) in [5.41, 5.74) is 3.88. The molecular formula is C30H22BrIN4O6S2. The Bertz CT molecular complexity index is 1660. The van der Waals surface area contributed by atoms with Crippen molar-refractivity contribution in [1.82, 2.24) is 0 Å². The number of ether oxygens (including phenoxy) is 2. The molecule has 0 aliphatic carbocycles. The van der Waals surface area contributed by atoms with Crippen LogP contribution < -0.4 is 20.1 Å². The summed E-state index contributed by atoms with van der Waals surface area (Å²) in [5.74, 6) is 1.53. The van der Waals surface area contributed by atoms with Crippen LogP contribution in [0.3, 0.4) is 0 Å². The molecule has 6 rings (SSSR count). The van der Waals surface area contributed by atoms with Gasteiger partial charge in [-0.1, -0.05) is 62.0 Å². The predicted molar refractivity (Wildman–Crippen MR) is 186 cm³/mol. The normalized spacial score (nSPS) is 12.4. The van der Waals surface area contributed by atoms with Gasteiger partial charge >= 0.3 is 0 Å². The third kappa shape index (κ3) is 7.85. The summed E-state index contributed by atoms with van der Waals surface area (Å²) in [4.78, 5) is 26.4. The Morgan fingerprint density at radius 1 is 0.682 bits per heavy atom. The van der Waals surface area contributed by atoms with Gasteiger partial charge in [-0.05, 0) is 69.8 Å². The van der Waals surface area contributed by atoms with Crippen LogP contribution >= 0.6 is 62.0 Å². The minimum absolute atomic E-state index is 0.0892. The summed E-state index contributed by atoms with van der Waals surface area (Å²) in [6, 6.07) is 21.2. The molecule has 14 heteroatoms. The molecule has 2 heterocycles. The summed E-state index contributed by atoms with van der Waals surface area (Å²) in [7, 11) is 0. The van der Waals surface area contributed by atoms with Gasteiger partial charge in [0, 0.05) is 43.8 Å². The molecule has 0 amide bonds. The van der Waals surface area contributed by atoms with Crippen LogP contribution in [-0.4, -0.2) is 23.1 Å². The first-order valence-electron chi connectivity index (χ1n) is 12.9. The number of benzene rings is 4. The van der Waals surface area contributed by atoms with Gasteiger partial charge in [0.05, 0.1) is 32.6 Å². The second kappa shape index (κ2) is 14.8. The fourth-order valence-electron chi connectivity index (χ4n) is 4.07. The number of halogens is 2. The zero-order chi connectivity index (χ0) is 31.1. The topological polar surface area (TPSA) is 129 Å². The van der Waals surface area contributed by atoms with E-state index in [1.807, 2.05) is 52.6 Å². The van der Waals surface area contributed by atoms with Crippen LogP contribution in [0.25, 0.3) is 0 Å². The van der Waals surface area contributed by atoms with Gasteiger partial charge in [0.25, 0.3) is 11.4 Å². The van der Waals surface area contributed by atoms with E-state index in [1.54, 1.807) is 29.3 Å². The lowest BCUT2D eigenvalue weighted by atomic mass is 10.2. The molecule has 0 saturated carbocycles. The maximum Gasteiger partial charge on any atom is 0.270 e. The molecule has 0 bridgehead atoms. The molecule has 10 nitrogen and oxygen atoms in total. The van der Waals surface area contributed by atoms with Gasteiger partial charge in [-0.25, -0.2) is 0 Å². The number of nitrogens with one attached hydrogen (secondary N) is 2. The lowest BCUT2D eigenvalue weighted by Gasteiger charge is -2.21. The van der Waals surface area contributed by atoms with Gasteiger partial charge < -0.3 is 20.1 Å². The largest absolute Gasteiger partial charge is 0.489 e. The number of nitro groups is 2. The fraction of sp³-hybridized carbons (Fsp3) is 0.0667. The van der Waals surface area contributed by atoms with Gasteiger partial charge in [0.1, 0.15) is 24.7 Å². The van der Waals surface area contributed by atoms with E-state index in [9.17, 15) is 20.2 Å². The van der Waals surface area contributed by atoms with Crippen molar-refractivity contribution in [2.24, 2.45) is 0 Å². The first-order valence-corrected chi connectivity index (χ1v) is 16.6. The molecule has 4 aromatic rings. The van der Waals surface area contributed by atoms with Crippen LogP contribution in [0.5, 0.6) is 11.5 Å². The zero-order valence-corrected chi connectivity index (χ0v) is 27.9. The number of hydrogen-bond acceptors (Lipinski definition) is 10. The lowest BCUT2D eigenvalue weighted by molar-refractivity contribution is -0.385. The highest BCUT2D eigenvalue weighted by Crippen LogP contribution is 2.47. The Labute approximate surface area is 282 Å². The molecule has 0 saturated heterocycles. The van der Waals surface area contributed by atoms with Crippen molar-refractivity contribution in [2.45, 2.75) is 19.6 Å². The van der Waals surface area contributed by atoms with E-state index in [0.29, 0.717) is 13.2 Å². The van der Waals surface area contributed by atoms with Crippen LogP contribution in [0.15, 0.2) is 114 Å². The van der Waals surface area contributed by atoms with Crippen molar-refractivity contribution < 1.29 is 19.3 Å². The molecule has 0 aromatic heterocycles. The summed E-state index contributed by atoms with van der Waals surface area (Å²) in [6.07, 6.45) is 3.77. The summed E-state index contributed by atoms with van der Waals surface area (Å²) >= 11 is 8.33. The number of anilines is 4. The molecule has 2 aliphatic rings. The summed E-state index contributed by atoms with van der Waals surface area (Å²) in [6.45, 7) is 0.992. The van der Waals surface area contributed by atoms with E-state index in [2.05, 4.69) is 49.2 Å². The maximum atomic E-state index is 10.9. The van der Waals surface area contributed by atoms with Crippen molar-refractivity contribution in [3.8, 4) is 11.5 Å². The molecule has 44 heavy (non-hydrogen) atoms. The number of hydrogen-bond donors (Lipinski definition) is 2. The molecule has 0 unspecified atom stereocenters.